The number of carbonyl (C=O) groups is 1. The van der Waals surface area contributed by atoms with Crippen molar-refractivity contribution in [3.8, 4) is 0 Å². The average molecular weight is 313 g/mol. The van der Waals surface area contributed by atoms with Crippen molar-refractivity contribution in [3.63, 3.8) is 0 Å². The molecule has 1 heterocycles. The zero-order valence-corrected chi connectivity index (χ0v) is 12.7. The normalized spacial score (nSPS) is 22.1. The van der Waals surface area contributed by atoms with Crippen molar-refractivity contribution in [3.05, 3.63) is 38.9 Å². The van der Waals surface area contributed by atoms with E-state index in [4.69, 9.17) is 16.3 Å². The minimum absolute atomic E-state index is 0.180. The smallest absolute Gasteiger partial charge is 0.271 e. The number of ether oxygens (including phenoxy) is 1. The highest BCUT2D eigenvalue weighted by Gasteiger charge is 2.37. The molecule has 0 saturated carbocycles. The molecule has 1 aliphatic heterocycles. The van der Waals surface area contributed by atoms with Gasteiger partial charge in [0, 0.05) is 29.3 Å². The highest BCUT2D eigenvalue weighted by atomic mass is 35.5. The van der Waals surface area contributed by atoms with Gasteiger partial charge in [0.1, 0.15) is 0 Å². The van der Waals surface area contributed by atoms with Gasteiger partial charge in [0.25, 0.3) is 11.6 Å². The average Bonchev–Trinajstić information content (AvgIpc) is 2.46. The van der Waals surface area contributed by atoms with Crippen LogP contribution >= 0.6 is 11.6 Å². The molecule has 2 rings (SSSR count). The summed E-state index contributed by atoms with van der Waals surface area (Å²) in [6.07, 6.45) is 0.737. The molecule has 1 saturated heterocycles. The Morgan fingerprint density at radius 1 is 1.52 bits per heavy atom. The quantitative estimate of drug-likeness (QED) is 0.635. The van der Waals surface area contributed by atoms with E-state index in [-0.39, 0.29) is 22.2 Å². The molecule has 6 nitrogen and oxygen atoms in total. The van der Waals surface area contributed by atoms with Crippen LogP contribution in [-0.2, 0) is 4.74 Å². The molecular weight excluding hydrogens is 296 g/mol. The predicted octanol–water partition coefficient (Wildman–Crippen LogP) is 2.89. The minimum Gasteiger partial charge on any atom is -0.377 e. The maximum Gasteiger partial charge on any atom is 0.271 e. The topological polar surface area (TPSA) is 72.7 Å². The van der Waals surface area contributed by atoms with E-state index in [1.54, 1.807) is 4.90 Å². The number of carbonyl (C=O) groups excluding carboxylic acids is 1. The van der Waals surface area contributed by atoms with E-state index >= 15 is 0 Å². The van der Waals surface area contributed by atoms with Gasteiger partial charge in [-0.3, -0.25) is 14.9 Å². The highest BCUT2D eigenvalue weighted by Crippen LogP contribution is 2.28. The molecule has 1 atom stereocenters. The molecule has 0 aromatic heterocycles. The Balaban J connectivity index is 2.37. The molecule has 0 bridgehead atoms. The maximum absolute atomic E-state index is 12.7. The Morgan fingerprint density at radius 3 is 2.86 bits per heavy atom. The van der Waals surface area contributed by atoms with Crippen molar-refractivity contribution in [2.45, 2.75) is 25.8 Å². The second kappa shape index (κ2) is 5.99. The second-order valence-corrected chi connectivity index (χ2v) is 5.75. The number of hydrogen-bond acceptors (Lipinski definition) is 4. The van der Waals surface area contributed by atoms with E-state index in [1.165, 1.54) is 18.2 Å². The van der Waals surface area contributed by atoms with Crippen LogP contribution in [0, 0.1) is 10.1 Å². The largest absolute Gasteiger partial charge is 0.377 e. The zero-order valence-electron chi connectivity index (χ0n) is 12.0. The third kappa shape index (κ3) is 3.16. The Morgan fingerprint density at radius 2 is 2.24 bits per heavy atom. The van der Waals surface area contributed by atoms with Crippen molar-refractivity contribution in [2.24, 2.45) is 0 Å². The minimum atomic E-state index is -0.555. The lowest BCUT2D eigenvalue weighted by Gasteiger charge is -2.44. The summed E-state index contributed by atoms with van der Waals surface area (Å²) < 4.78 is 5.45. The summed E-state index contributed by atoms with van der Waals surface area (Å²) in [5.74, 6) is -0.256. The Kier molecular flexibility index (Phi) is 4.49. The van der Waals surface area contributed by atoms with E-state index in [0.717, 1.165) is 6.42 Å². The fourth-order valence-corrected chi connectivity index (χ4v) is 2.62. The van der Waals surface area contributed by atoms with Crippen molar-refractivity contribution in [2.75, 3.05) is 19.8 Å². The first kappa shape index (κ1) is 15.7. The molecule has 0 N–H and O–H groups in total. The van der Waals surface area contributed by atoms with Gasteiger partial charge in [0.05, 0.1) is 23.7 Å². The molecule has 7 heteroatoms. The molecular formula is C14H17ClN2O4. The standard InChI is InChI=1S/C14H17ClN2O4/c1-3-14(2)9-21-5-4-16(14)13(18)10-6-11(15)8-12(7-10)17(19)20/h6-8H,3-5,9H2,1-2H3/t14-/m0/s1. The SMILES string of the molecule is CC[C@@]1(C)COCCN1C(=O)c1cc(Cl)cc([N+](=O)[O-])c1. The van der Waals surface area contributed by atoms with Gasteiger partial charge in [-0.2, -0.15) is 0 Å². The highest BCUT2D eigenvalue weighted by molar-refractivity contribution is 6.31. The lowest BCUT2D eigenvalue weighted by molar-refractivity contribution is -0.384. The summed E-state index contributed by atoms with van der Waals surface area (Å²) in [5, 5.41) is 11.1. The van der Waals surface area contributed by atoms with Crippen LogP contribution < -0.4 is 0 Å². The number of amides is 1. The van der Waals surface area contributed by atoms with Gasteiger partial charge < -0.3 is 9.64 Å². The molecule has 1 aliphatic rings. The third-order valence-corrected chi connectivity index (χ3v) is 4.09. The molecule has 0 aliphatic carbocycles. The van der Waals surface area contributed by atoms with E-state index in [2.05, 4.69) is 0 Å². The van der Waals surface area contributed by atoms with Crippen molar-refractivity contribution in [1.29, 1.82) is 0 Å². The van der Waals surface area contributed by atoms with Crippen LogP contribution in [0.1, 0.15) is 30.6 Å². The summed E-state index contributed by atoms with van der Waals surface area (Å²) in [5.41, 5.74) is -0.361. The van der Waals surface area contributed by atoms with Crippen molar-refractivity contribution >= 4 is 23.2 Å². The van der Waals surface area contributed by atoms with Gasteiger partial charge in [-0.15, -0.1) is 0 Å². The lowest BCUT2D eigenvalue weighted by Crippen LogP contribution is -2.57. The van der Waals surface area contributed by atoms with Gasteiger partial charge in [-0.1, -0.05) is 18.5 Å². The number of nitro groups is 1. The second-order valence-electron chi connectivity index (χ2n) is 5.32. The number of nitro benzene ring substituents is 1. The van der Waals surface area contributed by atoms with Gasteiger partial charge in [0.2, 0.25) is 0 Å². The van der Waals surface area contributed by atoms with Gasteiger partial charge in [-0.25, -0.2) is 0 Å². The fraction of sp³-hybridized carbons (Fsp3) is 0.500. The molecule has 0 unspecified atom stereocenters. The predicted molar refractivity (Wildman–Crippen MR) is 78.7 cm³/mol. The van der Waals surface area contributed by atoms with Crippen LogP contribution in [0.2, 0.25) is 5.02 Å². The Bertz CT molecular complexity index is 578. The zero-order chi connectivity index (χ0) is 15.6. The summed E-state index contributed by atoms with van der Waals surface area (Å²) in [7, 11) is 0. The molecule has 1 fully saturated rings. The van der Waals surface area contributed by atoms with Gasteiger partial charge in [0.15, 0.2) is 0 Å². The number of morpholine rings is 1. The number of hydrogen-bond donors (Lipinski definition) is 0. The van der Waals surface area contributed by atoms with Gasteiger partial charge >= 0.3 is 0 Å². The van der Waals surface area contributed by atoms with Crippen LogP contribution in [0.3, 0.4) is 0 Å². The van der Waals surface area contributed by atoms with Crippen LogP contribution in [0.5, 0.6) is 0 Å². The number of halogens is 1. The van der Waals surface area contributed by atoms with E-state index in [0.29, 0.717) is 19.8 Å². The third-order valence-electron chi connectivity index (χ3n) is 3.87. The Hall–Kier alpha value is -1.66. The molecule has 0 radical (unpaired) electrons. The first-order chi connectivity index (χ1) is 9.87. The maximum atomic E-state index is 12.7. The van der Waals surface area contributed by atoms with Gasteiger partial charge in [-0.05, 0) is 19.4 Å². The fourth-order valence-electron chi connectivity index (χ4n) is 2.39. The number of non-ortho nitro benzene ring substituents is 1. The first-order valence-corrected chi connectivity index (χ1v) is 7.10. The molecule has 1 aromatic carbocycles. The number of benzene rings is 1. The molecule has 114 valence electrons. The van der Waals surface area contributed by atoms with E-state index in [1.807, 2.05) is 13.8 Å². The monoisotopic (exact) mass is 312 g/mol. The van der Waals surface area contributed by atoms with Crippen molar-refractivity contribution in [1.82, 2.24) is 4.90 Å². The molecule has 0 spiro atoms. The molecule has 21 heavy (non-hydrogen) atoms. The van der Waals surface area contributed by atoms with Crippen LogP contribution in [-0.4, -0.2) is 41.0 Å². The summed E-state index contributed by atoms with van der Waals surface area (Å²) in [6.45, 7) is 5.31. The summed E-state index contributed by atoms with van der Waals surface area (Å²) >= 11 is 5.88. The van der Waals surface area contributed by atoms with Crippen molar-refractivity contribution < 1.29 is 14.5 Å². The van der Waals surface area contributed by atoms with Crippen LogP contribution in [0.25, 0.3) is 0 Å². The Labute approximate surface area is 127 Å². The lowest BCUT2D eigenvalue weighted by atomic mass is 9.95. The van der Waals surface area contributed by atoms with E-state index in [9.17, 15) is 14.9 Å². The molecule has 1 amide bonds. The first-order valence-electron chi connectivity index (χ1n) is 6.72. The number of nitrogens with zero attached hydrogens (tertiary/aromatic N) is 2. The summed E-state index contributed by atoms with van der Waals surface area (Å²) in [6, 6.07) is 3.96. The van der Waals surface area contributed by atoms with Crippen LogP contribution in [0.15, 0.2) is 18.2 Å². The number of rotatable bonds is 3. The molecule has 1 aromatic rings. The summed E-state index contributed by atoms with van der Waals surface area (Å²) in [4.78, 5) is 24.7. The van der Waals surface area contributed by atoms with Crippen LogP contribution in [0.4, 0.5) is 5.69 Å². The van der Waals surface area contributed by atoms with E-state index < -0.39 is 10.5 Å².